The number of rotatable bonds is 12. The zero-order valence-corrected chi connectivity index (χ0v) is 30.4. The molecule has 0 amide bonds. The van der Waals surface area contributed by atoms with Crippen LogP contribution in [0.5, 0.6) is 5.75 Å². The van der Waals surface area contributed by atoms with Crippen molar-refractivity contribution in [3.8, 4) is 28.1 Å². The van der Waals surface area contributed by atoms with Crippen molar-refractivity contribution >= 4 is 17.4 Å². The largest absolute Gasteiger partial charge is 0.507 e. The van der Waals surface area contributed by atoms with Gasteiger partial charge in [-0.25, -0.2) is 14.2 Å². The SMILES string of the molecule is COC(=O)[C@@H](OC(C)(C)C)c1c(C)cc2nc(-c3cccc(-c4c(O)cc(C)cc4F)c3)cn2c1N1CCC(C)(OCCOC[C@@H](C)O)CC1. The van der Waals surface area contributed by atoms with E-state index in [2.05, 4.69) is 11.8 Å². The molecule has 4 aromatic rings. The number of hydrogen-bond donors (Lipinski definition) is 2. The Balaban J connectivity index is 1.57. The number of piperidine rings is 1. The van der Waals surface area contributed by atoms with Gasteiger partial charge in [0, 0.05) is 30.4 Å². The number of aromatic nitrogens is 2. The second kappa shape index (κ2) is 15.1. The molecule has 2 atom stereocenters. The third kappa shape index (κ3) is 8.46. The predicted molar refractivity (Wildman–Crippen MR) is 191 cm³/mol. The molecule has 0 radical (unpaired) electrons. The number of esters is 1. The van der Waals surface area contributed by atoms with Crippen molar-refractivity contribution in [2.75, 3.05) is 44.9 Å². The summed E-state index contributed by atoms with van der Waals surface area (Å²) in [4.78, 5) is 20.7. The van der Waals surface area contributed by atoms with Crippen LogP contribution in [0, 0.1) is 19.7 Å². The van der Waals surface area contributed by atoms with Crippen molar-refractivity contribution in [1.82, 2.24) is 9.38 Å². The topological polar surface area (TPSA) is 115 Å². The van der Waals surface area contributed by atoms with Crippen LogP contribution < -0.4 is 4.90 Å². The van der Waals surface area contributed by atoms with Crippen molar-refractivity contribution in [1.29, 1.82) is 0 Å². The summed E-state index contributed by atoms with van der Waals surface area (Å²) in [5, 5.41) is 20.1. The van der Waals surface area contributed by atoms with E-state index >= 15 is 4.39 Å². The van der Waals surface area contributed by atoms with Crippen LogP contribution in [0.2, 0.25) is 0 Å². The molecule has 2 aromatic heterocycles. The summed E-state index contributed by atoms with van der Waals surface area (Å²) in [5.74, 6) is -0.352. The van der Waals surface area contributed by atoms with E-state index in [9.17, 15) is 15.0 Å². The highest BCUT2D eigenvalue weighted by Gasteiger charge is 2.37. The highest BCUT2D eigenvalue weighted by atomic mass is 19.1. The lowest BCUT2D eigenvalue weighted by molar-refractivity contribution is -0.164. The van der Waals surface area contributed by atoms with Gasteiger partial charge < -0.3 is 34.1 Å². The second-order valence-corrected chi connectivity index (χ2v) is 14.5. The number of imidazole rings is 1. The third-order valence-electron chi connectivity index (χ3n) is 8.94. The Morgan fingerprint density at radius 2 is 1.78 bits per heavy atom. The molecule has 10 nitrogen and oxygen atoms in total. The van der Waals surface area contributed by atoms with Crippen LogP contribution in [-0.4, -0.2) is 82.9 Å². The molecule has 1 aliphatic rings. The minimum atomic E-state index is -1.00. The molecule has 1 fully saturated rings. The van der Waals surface area contributed by atoms with Crippen LogP contribution in [0.15, 0.2) is 48.7 Å². The fourth-order valence-corrected chi connectivity index (χ4v) is 6.50. The lowest BCUT2D eigenvalue weighted by Crippen LogP contribution is -2.46. The van der Waals surface area contributed by atoms with Crippen LogP contribution >= 0.6 is 0 Å². The molecule has 11 heteroatoms. The molecular formula is C39H50FN3O7. The zero-order valence-electron chi connectivity index (χ0n) is 30.4. The molecule has 1 saturated heterocycles. The molecule has 0 saturated carbocycles. The van der Waals surface area contributed by atoms with E-state index in [1.54, 1.807) is 26.0 Å². The molecule has 0 aliphatic carbocycles. The number of nitrogens with zero attached hydrogens (tertiary/aromatic N) is 3. The average Bonchev–Trinajstić information content (AvgIpc) is 3.46. The van der Waals surface area contributed by atoms with Crippen LogP contribution in [-0.2, 0) is 23.7 Å². The maximum Gasteiger partial charge on any atom is 0.339 e. The maximum atomic E-state index is 15.1. The molecule has 5 rings (SSSR count). The van der Waals surface area contributed by atoms with E-state index in [1.165, 1.54) is 13.2 Å². The number of fused-ring (bicyclic) bond motifs is 1. The van der Waals surface area contributed by atoms with Gasteiger partial charge in [0.15, 0.2) is 6.10 Å². The number of pyridine rings is 1. The number of hydrogen-bond acceptors (Lipinski definition) is 9. The van der Waals surface area contributed by atoms with Crippen molar-refractivity contribution in [2.45, 2.75) is 84.7 Å². The lowest BCUT2D eigenvalue weighted by Gasteiger charge is -2.41. The second-order valence-electron chi connectivity index (χ2n) is 14.5. The van der Waals surface area contributed by atoms with Gasteiger partial charge in [0.25, 0.3) is 0 Å². The number of phenols is 1. The van der Waals surface area contributed by atoms with Gasteiger partial charge in [-0.1, -0.05) is 18.2 Å². The summed E-state index contributed by atoms with van der Waals surface area (Å²) in [6, 6.07) is 12.2. The van der Waals surface area contributed by atoms with Crippen molar-refractivity contribution in [3.63, 3.8) is 0 Å². The van der Waals surface area contributed by atoms with Gasteiger partial charge in [0.05, 0.1) is 55.5 Å². The fourth-order valence-electron chi connectivity index (χ4n) is 6.50. The first-order valence-corrected chi connectivity index (χ1v) is 17.1. The minimum Gasteiger partial charge on any atom is -0.507 e. The molecule has 50 heavy (non-hydrogen) atoms. The first-order chi connectivity index (χ1) is 23.6. The summed E-state index contributed by atoms with van der Waals surface area (Å²) in [6.45, 7) is 15.5. The van der Waals surface area contributed by atoms with Crippen molar-refractivity contribution < 1.29 is 38.3 Å². The maximum absolute atomic E-state index is 15.1. The Kier molecular flexibility index (Phi) is 11.2. The van der Waals surface area contributed by atoms with E-state index in [-0.39, 0.29) is 23.5 Å². The molecule has 3 heterocycles. The van der Waals surface area contributed by atoms with E-state index in [0.29, 0.717) is 54.3 Å². The predicted octanol–water partition coefficient (Wildman–Crippen LogP) is 6.93. The average molecular weight is 692 g/mol. The summed E-state index contributed by atoms with van der Waals surface area (Å²) < 4.78 is 40.5. The fraction of sp³-hybridized carbons (Fsp3) is 0.487. The highest BCUT2D eigenvalue weighted by Crippen LogP contribution is 2.40. The quantitative estimate of drug-likeness (QED) is 0.121. The van der Waals surface area contributed by atoms with Gasteiger partial charge in [-0.05, 0) is 102 Å². The normalized spacial score (nSPS) is 16.1. The number of phenolic OH excluding ortho intramolecular Hbond substituents is 1. The third-order valence-corrected chi connectivity index (χ3v) is 8.94. The molecule has 2 N–H and O–H groups in total. The van der Waals surface area contributed by atoms with Gasteiger partial charge in [0.2, 0.25) is 0 Å². The number of anilines is 1. The number of aryl methyl sites for hydroxylation is 2. The number of aromatic hydroxyl groups is 1. The van der Waals surface area contributed by atoms with Crippen LogP contribution in [0.3, 0.4) is 0 Å². The van der Waals surface area contributed by atoms with Crippen molar-refractivity contribution in [2.24, 2.45) is 0 Å². The molecule has 2 aromatic carbocycles. The molecule has 1 aliphatic heterocycles. The lowest BCUT2D eigenvalue weighted by atomic mass is 9.92. The van der Waals surface area contributed by atoms with E-state index in [4.69, 9.17) is 23.9 Å². The standard InChI is InChI=1S/C39H50FN3O7/c1-24-18-29(40)34(31(45)19-24)28-11-9-10-27(21-28)30-22-43-32(41-30)20-25(2)33(35(37(46)47-8)50-38(4,5)6)36(43)42-14-12-39(7,13-15-42)49-17-16-48-23-26(3)44/h9-11,18-22,26,35,44-45H,12-17,23H2,1-8H3/t26-,35+/m1/s1. The van der Waals surface area contributed by atoms with E-state index in [0.717, 1.165) is 29.8 Å². The highest BCUT2D eigenvalue weighted by molar-refractivity contribution is 5.82. The minimum absolute atomic E-state index is 0.127. The number of aliphatic hydroxyl groups is 1. The zero-order chi connectivity index (χ0) is 36.4. The number of halogens is 1. The van der Waals surface area contributed by atoms with Crippen LogP contribution in [0.25, 0.3) is 28.0 Å². The van der Waals surface area contributed by atoms with Crippen LogP contribution in [0.1, 0.15) is 70.3 Å². The van der Waals surface area contributed by atoms with Gasteiger partial charge >= 0.3 is 5.97 Å². The number of carbonyl (C=O) groups is 1. The van der Waals surface area contributed by atoms with Gasteiger partial charge in [0.1, 0.15) is 23.0 Å². The molecular weight excluding hydrogens is 641 g/mol. The Morgan fingerprint density at radius 3 is 2.42 bits per heavy atom. The monoisotopic (exact) mass is 691 g/mol. The van der Waals surface area contributed by atoms with E-state index in [1.807, 2.05) is 62.6 Å². The smallest absolute Gasteiger partial charge is 0.339 e. The first-order valence-electron chi connectivity index (χ1n) is 17.1. The van der Waals surface area contributed by atoms with Gasteiger partial charge in [-0.15, -0.1) is 0 Å². The van der Waals surface area contributed by atoms with Crippen molar-refractivity contribution in [3.05, 3.63) is 71.2 Å². The summed E-state index contributed by atoms with van der Waals surface area (Å²) >= 11 is 0. The number of ether oxygens (including phenoxy) is 4. The number of aliphatic hydroxyl groups excluding tert-OH is 1. The molecule has 0 bridgehead atoms. The van der Waals surface area contributed by atoms with Gasteiger partial charge in [-0.3, -0.25) is 4.40 Å². The number of methoxy groups -OCH3 is 1. The molecule has 270 valence electrons. The molecule has 0 spiro atoms. The number of carbonyl (C=O) groups excluding carboxylic acids is 1. The Hall–Kier alpha value is -4.03. The Morgan fingerprint density at radius 1 is 1.08 bits per heavy atom. The summed E-state index contributed by atoms with van der Waals surface area (Å²) in [7, 11) is 1.36. The van der Waals surface area contributed by atoms with Gasteiger partial charge in [-0.2, -0.15) is 0 Å². The van der Waals surface area contributed by atoms with Crippen LogP contribution in [0.4, 0.5) is 10.2 Å². The first kappa shape index (κ1) is 37.2. The Bertz CT molecular complexity index is 1800. The number of benzene rings is 2. The Labute approximate surface area is 293 Å². The summed E-state index contributed by atoms with van der Waals surface area (Å²) in [5.41, 5.74) is 3.83. The molecule has 0 unspecified atom stereocenters. The van der Waals surface area contributed by atoms with E-state index < -0.39 is 29.6 Å². The summed E-state index contributed by atoms with van der Waals surface area (Å²) in [6.07, 6.45) is 1.83.